The van der Waals surface area contributed by atoms with E-state index in [1.54, 1.807) is 17.4 Å². The van der Waals surface area contributed by atoms with Crippen LogP contribution in [0.4, 0.5) is 5.69 Å². The molecule has 0 saturated carbocycles. The Balaban J connectivity index is 0.00000241. The Labute approximate surface area is 235 Å². The molecule has 0 spiro atoms. The van der Waals surface area contributed by atoms with E-state index < -0.39 is 11.9 Å². The van der Waals surface area contributed by atoms with E-state index >= 15 is 0 Å². The Hall–Kier alpha value is -2.79. The molecule has 0 radical (unpaired) electrons. The van der Waals surface area contributed by atoms with Crippen LogP contribution in [0, 0.1) is 6.92 Å². The van der Waals surface area contributed by atoms with E-state index in [2.05, 4.69) is 5.32 Å². The van der Waals surface area contributed by atoms with Gasteiger partial charge in [-0.2, -0.15) is 0 Å². The molecule has 3 aromatic carbocycles. The summed E-state index contributed by atoms with van der Waals surface area (Å²) in [5.74, 6) is -1.69. The smallest absolute Gasteiger partial charge is 0.545 e. The number of thiazole rings is 1. The number of carbonyl (C=O) groups is 2. The number of anilines is 1. The number of aryl methyl sites for hydroxylation is 1. The fourth-order valence-electron chi connectivity index (χ4n) is 3.38. The zero-order valence-corrected chi connectivity index (χ0v) is 21.8. The summed E-state index contributed by atoms with van der Waals surface area (Å²) in [6, 6.07) is 18.7. The number of carboxylic acids is 1. The molecule has 0 aliphatic rings. The van der Waals surface area contributed by atoms with Gasteiger partial charge in [-0.15, -0.1) is 11.3 Å². The first-order valence-corrected chi connectivity index (χ1v) is 12.2. The van der Waals surface area contributed by atoms with Crippen molar-refractivity contribution in [2.24, 2.45) is 0 Å². The van der Waals surface area contributed by atoms with E-state index in [0.717, 1.165) is 21.1 Å². The van der Waals surface area contributed by atoms with Gasteiger partial charge in [0.2, 0.25) is 0 Å². The fourth-order valence-corrected chi connectivity index (χ4v) is 4.84. The van der Waals surface area contributed by atoms with Crippen molar-refractivity contribution >= 4 is 52.1 Å². The summed E-state index contributed by atoms with van der Waals surface area (Å²) < 4.78 is 5.77. The van der Waals surface area contributed by atoms with Gasteiger partial charge in [0.1, 0.15) is 10.8 Å². The molecule has 180 valence electrons. The Morgan fingerprint density at radius 3 is 2.50 bits per heavy atom. The van der Waals surface area contributed by atoms with E-state index in [1.807, 2.05) is 37.3 Å². The molecular formula is C26H21Cl2LiN2O4S. The van der Waals surface area contributed by atoms with Crippen LogP contribution in [-0.2, 0) is 6.42 Å². The molecule has 36 heavy (non-hydrogen) atoms. The number of carbonyl (C=O) groups excluding carboxylic acids is 2. The molecule has 0 aliphatic carbocycles. The number of hydrogen-bond donors (Lipinski definition) is 1. The summed E-state index contributed by atoms with van der Waals surface area (Å²) in [6.45, 7) is 2.31. The van der Waals surface area contributed by atoms with Crippen molar-refractivity contribution in [1.29, 1.82) is 0 Å². The third kappa shape index (κ3) is 6.70. The minimum Gasteiger partial charge on any atom is -0.545 e. The van der Waals surface area contributed by atoms with Crippen LogP contribution >= 0.6 is 34.5 Å². The van der Waals surface area contributed by atoms with Crippen LogP contribution in [-0.4, -0.2) is 23.5 Å². The molecule has 1 N–H and O–H groups in total. The van der Waals surface area contributed by atoms with Gasteiger partial charge in [0.25, 0.3) is 5.91 Å². The van der Waals surface area contributed by atoms with Crippen LogP contribution in [0.2, 0.25) is 10.0 Å². The second-order valence-corrected chi connectivity index (χ2v) is 9.61. The van der Waals surface area contributed by atoms with E-state index in [1.165, 1.54) is 30.3 Å². The first-order chi connectivity index (χ1) is 16.8. The molecule has 0 aliphatic heterocycles. The monoisotopic (exact) mass is 534 g/mol. The average molecular weight is 535 g/mol. The number of rotatable bonds is 8. The van der Waals surface area contributed by atoms with Crippen molar-refractivity contribution in [3.63, 3.8) is 0 Å². The summed E-state index contributed by atoms with van der Waals surface area (Å²) in [7, 11) is 0. The van der Waals surface area contributed by atoms with Gasteiger partial charge in [-0.3, -0.25) is 4.79 Å². The van der Waals surface area contributed by atoms with E-state index in [4.69, 9.17) is 32.9 Å². The molecule has 6 nitrogen and oxygen atoms in total. The van der Waals surface area contributed by atoms with Crippen molar-refractivity contribution < 1.29 is 39.7 Å². The number of aromatic nitrogens is 1. The standard InChI is InChI=1S/C26H20Cl2N2O4S.Li.H2/c1-15-22(30-25(35-15)16-5-3-2-4-6-16)11-12-34-18-8-10-23(20(14-18)26(32)33)29-24(31)19-9-7-17(27)13-21(19)28;;/h2-10,13-14H,11-12H2,1H3,(H,29,31)(H,32,33);;1H/q;+1;/p-1. The first-order valence-electron chi connectivity index (χ1n) is 10.6. The number of ether oxygens (including phenoxy) is 1. The number of nitrogens with one attached hydrogen (secondary N) is 1. The zero-order chi connectivity index (χ0) is 24.9. The van der Waals surface area contributed by atoms with Crippen molar-refractivity contribution in [1.82, 2.24) is 4.98 Å². The van der Waals surface area contributed by atoms with Gasteiger partial charge in [0, 0.05) is 28.9 Å². The van der Waals surface area contributed by atoms with Gasteiger partial charge >= 0.3 is 18.9 Å². The molecule has 0 unspecified atom stereocenters. The van der Waals surface area contributed by atoms with E-state index in [9.17, 15) is 14.7 Å². The van der Waals surface area contributed by atoms with Crippen molar-refractivity contribution in [3.05, 3.63) is 98.5 Å². The van der Waals surface area contributed by atoms with Gasteiger partial charge in [0.15, 0.2) is 0 Å². The molecule has 1 heterocycles. The number of amides is 1. The second-order valence-electron chi connectivity index (χ2n) is 7.56. The number of hydrogen-bond acceptors (Lipinski definition) is 6. The first kappa shape index (κ1) is 27.8. The van der Waals surface area contributed by atoms with Gasteiger partial charge in [-0.05, 0) is 43.3 Å². The molecule has 0 atom stereocenters. The van der Waals surface area contributed by atoms with Crippen LogP contribution < -0.4 is 34.0 Å². The summed E-state index contributed by atoms with van der Waals surface area (Å²) in [5, 5.41) is 15.7. The van der Waals surface area contributed by atoms with Gasteiger partial charge in [-0.1, -0.05) is 53.5 Å². The molecule has 0 saturated heterocycles. The Kier molecular flexibility index (Phi) is 9.61. The van der Waals surface area contributed by atoms with Crippen LogP contribution in [0.15, 0.2) is 66.7 Å². The van der Waals surface area contributed by atoms with Gasteiger partial charge < -0.3 is 20.0 Å². The predicted molar refractivity (Wildman–Crippen MR) is 139 cm³/mol. The minimum atomic E-state index is -1.45. The maximum atomic E-state index is 12.6. The molecule has 4 rings (SSSR count). The number of nitrogens with zero attached hydrogens (tertiary/aromatic N) is 1. The zero-order valence-electron chi connectivity index (χ0n) is 19.5. The van der Waals surface area contributed by atoms with Crippen LogP contribution in [0.3, 0.4) is 0 Å². The fraction of sp³-hybridized carbons (Fsp3) is 0.115. The molecule has 1 amide bonds. The number of aromatic carboxylic acids is 1. The van der Waals surface area contributed by atoms with Gasteiger partial charge in [0.05, 0.1) is 34.5 Å². The predicted octanol–water partition coefficient (Wildman–Crippen LogP) is 2.91. The maximum Gasteiger partial charge on any atom is 1.00 e. The van der Waals surface area contributed by atoms with Crippen molar-refractivity contribution in [3.8, 4) is 16.3 Å². The minimum absolute atomic E-state index is 0. The Morgan fingerprint density at radius 1 is 1.06 bits per heavy atom. The largest absolute Gasteiger partial charge is 1.00 e. The summed E-state index contributed by atoms with van der Waals surface area (Å²) in [5.41, 5.74) is 2.00. The second kappa shape index (κ2) is 12.4. The molecule has 10 heteroatoms. The number of benzene rings is 3. The average Bonchev–Trinajstić information content (AvgIpc) is 3.20. The third-order valence-corrected chi connectivity index (χ3v) is 6.77. The quantitative estimate of drug-likeness (QED) is 0.351. The van der Waals surface area contributed by atoms with Crippen LogP contribution in [0.5, 0.6) is 5.75 Å². The Bertz CT molecular complexity index is 1400. The van der Waals surface area contributed by atoms with Crippen molar-refractivity contribution in [2.45, 2.75) is 13.3 Å². The maximum absolute atomic E-state index is 12.6. The Morgan fingerprint density at radius 2 is 1.81 bits per heavy atom. The van der Waals surface area contributed by atoms with Crippen LogP contribution in [0.25, 0.3) is 10.6 Å². The van der Waals surface area contributed by atoms with Gasteiger partial charge in [-0.25, -0.2) is 4.98 Å². The summed E-state index contributed by atoms with van der Waals surface area (Å²) >= 11 is 13.6. The van der Waals surface area contributed by atoms with Crippen molar-refractivity contribution in [2.75, 3.05) is 11.9 Å². The molecule has 1 aromatic heterocycles. The molecule has 0 fully saturated rings. The molecule has 4 aromatic rings. The molecule has 0 bridgehead atoms. The SMILES string of the molecule is Cc1sc(-c2ccccc2)nc1CCOc1ccc(NC(=O)c2ccc(Cl)cc2Cl)c(C(=O)[O-])c1.[HH].[Li+]. The normalized spacial score (nSPS) is 10.4. The molecular weight excluding hydrogens is 514 g/mol. The number of halogens is 2. The van der Waals surface area contributed by atoms with Crippen LogP contribution in [0.1, 0.15) is 32.7 Å². The topological polar surface area (TPSA) is 91.3 Å². The third-order valence-electron chi connectivity index (χ3n) is 5.16. The summed E-state index contributed by atoms with van der Waals surface area (Å²) in [6.07, 6.45) is 0.559. The van der Waals surface area contributed by atoms with E-state index in [0.29, 0.717) is 23.8 Å². The van der Waals surface area contributed by atoms with E-state index in [-0.39, 0.29) is 42.1 Å². The number of carboxylic acid groups (broad SMARTS) is 1. The summed E-state index contributed by atoms with van der Waals surface area (Å²) in [4.78, 5) is 30.1.